The Hall–Kier alpha value is -1.15. The third kappa shape index (κ3) is 4.45. The van der Waals surface area contributed by atoms with Crippen LogP contribution in [0.15, 0.2) is 18.2 Å². The fourth-order valence-electron chi connectivity index (χ4n) is 1.65. The van der Waals surface area contributed by atoms with Gasteiger partial charge in [0.25, 0.3) is 5.91 Å². The van der Waals surface area contributed by atoms with Crippen molar-refractivity contribution in [3.8, 4) is 11.8 Å². The molecule has 0 saturated carbocycles. The summed E-state index contributed by atoms with van der Waals surface area (Å²) in [5, 5.41) is 0.475. The summed E-state index contributed by atoms with van der Waals surface area (Å²) >= 11 is 7.85. The number of carbonyl (C=O) groups excluding carboxylic acids is 1. The number of carbonyl (C=O) groups is 1. The van der Waals surface area contributed by atoms with Crippen molar-refractivity contribution in [3.05, 3.63) is 34.3 Å². The standard InChI is InChI=1S/C15H19ClN2OS/c1-11(10-20-3)18(2)15(19)13-7-6-12(5-4-8-17)14(16)9-13/h6-7,9,11H,8,10,17H2,1-3H3. The van der Waals surface area contributed by atoms with E-state index in [0.29, 0.717) is 16.1 Å². The molecular weight excluding hydrogens is 292 g/mol. The first kappa shape index (κ1) is 16.9. The van der Waals surface area contributed by atoms with E-state index in [2.05, 4.69) is 11.8 Å². The molecule has 0 spiro atoms. The van der Waals surface area contributed by atoms with E-state index in [0.717, 1.165) is 5.75 Å². The molecule has 20 heavy (non-hydrogen) atoms. The van der Waals surface area contributed by atoms with Crippen LogP contribution in [0.3, 0.4) is 0 Å². The third-order valence-electron chi connectivity index (χ3n) is 2.93. The van der Waals surface area contributed by atoms with E-state index in [-0.39, 0.29) is 18.5 Å². The molecule has 0 aliphatic heterocycles. The molecule has 0 bridgehead atoms. The summed E-state index contributed by atoms with van der Waals surface area (Å²) in [6.07, 6.45) is 2.02. The van der Waals surface area contributed by atoms with Crippen LogP contribution in [0.4, 0.5) is 0 Å². The van der Waals surface area contributed by atoms with Gasteiger partial charge < -0.3 is 10.6 Å². The predicted molar refractivity (Wildman–Crippen MR) is 87.3 cm³/mol. The molecule has 108 valence electrons. The monoisotopic (exact) mass is 310 g/mol. The zero-order valence-electron chi connectivity index (χ0n) is 11.9. The molecular formula is C15H19ClN2OS. The highest BCUT2D eigenvalue weighted by molar-refractivity contribution is 7.98. The van der Waals surface area contributed by atoms with E-state index in [1.165, 1.54) is 0 Å². The Morgan fingerprint density at radius 2 is 2.25 bits per heavy atom. The molecule has 0 fully saturated rings. The molecule has 1 unspecified atom stereocenters. The summed E-state index contributed by atoms with van der Waals surface area (Å²) in [4.78, 5) is 14.1. The van der Waals surface area contributed by atoms with Gasteiger partial charge in [0.2, 0.25) is 0 Å². The van der Waals surface area contributed by atoms with Crippen molar-refractivity contribution >= 4 is 29.3 Å². The molecule has 1 atom stereocenters. The van der Waals surface area contributed by atoms with Gasteiger partial charge in [-0.25, -0.2) is 0 Å². The van der Waals surface area contributed by atoms with Crippen LogP contribution in [0, 0.1) is 11.8 Å². The SMILES string of the molecule is CSCC(C)N(C)C(=O)c1ccc(C#CCN)c(Cl)c1. The maximum absolute atomic E-state index is 12.3. The summed E-state index contributed by atoms with van der Waals surface area (Å²) < 4.78 is 0. The molecule has 0 heterocycles. The largest absolute Gasteiger partial charge is 0.338 e. The van der Waals surface area contributed by atoms with E-state index in [9.17, 15) is 4.79 Å². The van der Waals surface area contributed by atoms with Gasteiger partial charge in [-0.05, 0) is 31.4 Å². The molecule has 0 saturated heterocycles. The van der Waals surface area contributed by atoms with Crippen molar-refractivity contribution in [2.45, 2.75) is 13.0 Å². The lowest BCUT2D eigenvalue weighted by molar-refractivity contribution is 0.0757. The van der Waals surface area contributed by atoms with Crippen LogP contribution in [0.2, 0.25) is 5.02 Å². The molecule has 1 amide bonds. The first-order valence-electron chi connectivity index (χ1n) is 6.25. The lowest BCUT2D eigenvalue weighted by Crippen LogP contribution is -2.36. The summed E-state index contributed by atoms with van der Waals surface area (Å²) in [6.45, 7) is 2.31. The Bertz CT molecular complexity index is 536. The molecule has 0 radical (unpaired) electrons. The van der Waals surface area contributed by atoms with Gasteiger partial charge in [0.15, 0.2) is 0 Å². The van der Waals surface area contributed by atoms with Gasteiger partial charge in [-0.1, -0.05) is 23.4 Å². The van der Waals surface area contributed by atoms with Gasteiger partial charge in [0.05, 0.1) is 11.6 Å². The van der Waals surface area contributed by atoms with Crippen molar-refractivity contribution in [2.24, 2.45) is 5.73 Å². The molecule has 0 aliphatic rings. The summed E-state index contributed by atoms with van der Waals surface area (Å²) in [7, 11) is 1.80. The summed E-state index contributed by atoms with van der Waals surface area (Å²) in [5.41, 5.74) is 6.59. The number of benzene rings is 1. The quantitative estimate of drug-likeness (QED) is 0.869. The van der Waals surface area contributed by atoms with Crippen LogP contribution in [0.25, 0.3) is 0 Å². The van der Waals surface area contributed by atoms with Gasteiger partial charge in [-0.2, -0.15) is 11.8 Å². The van der Waals surface area contributed by atoms with Crippen LogP contribution in [0.5, 0.6) is 0 Å². The minimum absolute atomic E-state index is 0.0354. The van der Waals surface area contributed by atoms with Gasteiger partial charge in [0.1, 0.15) is 0 Å². The first-order chi connectivity index (χ1) is 9.51. The molecule has 3 nitrogen and oxygen atoms in total. The van der Waals surface area contributed by atoms with E-state index in [1.807, 2.05) is 13.2 Å². The van der Waals surface area contributed by atoms with E-state index in [4.69, 9.17) is 17.3 Å². The zero-order valence-corrected chi connectivity index (χ0v) is 13.5. The van der Waals surface area contributed by atoms with Crippen molar-refractivity contribution in [2.75, 3.05) is 25.6 Å². The fourth-order valence-corrected chi connectivity index (χ4v) is 2.59. The number of halogens is 1. The highest BCUT2D eigenvalue weighted by Gasteiger charge is 2.17. The second kappa shape index (κ2) is 8.21. The number of rotatable bonds is 4. The number of hydrogen-bond donors (Lipinski definition) is 1. The Morgan fingerprint density at radius 3 is 2.80 bits per heavy atom. The fraction of sp³-hybridized carbons (Fsp3) is 0.400. The lowest BCUT2D eigenvalue weighted by Gasteiger charge is -2.24. The number of thioether (sulfide) groups is 1. The molecule has 1 aromatic rings. The Kier molecular flexibility index (Phi) is 6.94. The molecule has 0 aliphatic carbocycles. The van der Waals surface area contributed by atoms with Gasteiger partial charge in [0, 0.05) is 30.0 Å². The maximum Gasteiger partial charge on any atom is 0.253 e. The Labute approximate surface area is 129 Å². The molecule has 1 aromatic carbocycles. The highest BCUT2D eigenvalue weighted by atomic mass is 35.5. The molecule has 2 N–H and O–H groups in total. The molecule has 5 heteroatoms. The van der Waals surface area contributed by atoms with Gasteiger partial charge >= 0.3 is 0 Å². The second-order valence-electron chi connectivity index (χ2n) is 4.42. The highest BCUT2D eigenvalue weighted by Crippen LogP contribution is 2.19. The smallest absolute Gasteiger partial charge is 0.253 e. The van der Waals surface area contributed by atoms with Crippen molar-refractivity contribution in [3.63, 3.8) is 0 Å². The summed E-state index contributed by atoms with van der Waals surface area (Å²) in [5.74, 6) is 6.49. The number of amides is 1. The van der Waals surface area contributed by atoms with Gasteiger partial charge in [-0.15, -0.1) is 0 Å². The molecule has 0 aromatic heterocycles. The van der Waals surface area contributed by atoms with Crippen molar-refractivity contribution in [1.82, 2.24) is 4.90 Å². The molecule has 1 rings (SSSR count). The average Bonchev–Trinajstić information content (AvgIpc) is 2.44. The minimum atomic E-state index is -0.0354. The second-order valence-corrected chi connectivity index (χ2v) is 5.74. The minimum Gasteiger partial charge on any atom is -0.338 e. The number of nitrogens with two attached hydrogens (primary N) is 1. The number of hydrogen-bond acceptors (Lipinski definition) is 3. The van der Waals surface area contributed by atoms with E-state index < -0.39 is 0 Å². The van der Waals surface area contributed by atoms with Crippen LogP contribution in [0.1, 0.15) is 22.8 Å². The maximum atomic E-state index is 12.3. The summed E-state index contributed by atoms with van der Waals surface area (Å²) in [6, 6.07) is 5.34. The van der Waals surface area contributed by atoms with Crippen LogP contribution < -0.4 is 5.73 Å². The number of nitrogens with zero attached hydrogens (tertiary/aromatic N) is 1. The van der Waals surface area contributed by atoms with E-state index >= 15 is 0 Å². The topological polar surface area (TPSA) is 46.3 Å². The first-order valence-corrected chi connectivity index (χ1v) is 8.03. The zero-order chi connectivity index (χ0) is 15.1. The van der Waals surface area contributed by atoms with Gasteiger partial charge in [-0.3, -0.25) is 4.79 Å². The van der Waals surface area contributed by atoms with Crippen molar-refractivity contribution < 1.29 is 4.79 Å². The third-order valence-corrected chi connectivity index (χ3v) is 4.06. The average molecular weight is 311 g/mol. The Balaban J connectivity index is 2.92. The normalized spacial score (nSPS) is 11.4. The van der Waals surface area contributed by atoms with Crippen molar-refractivity contribution in [1.29, 1.82) is 0 Å². The Morgan fingerprint density at radius 1 is 1.55 bits per heavy atom. The van der Waals surface area contributed by atoms with E-state index in [1.54, 1.807) is 41.9 Å². The van der Waals surface area contributed by atoms with Crippen LogP contribution in [-0.4, -0.2) is 42.4 Å². The van der Waals surface area contributed by atoms with Crippen LogP contribution >= 0.6 is 23.4 Å². The van der Waals surface area contributed by atoms with Crippen LogP contribution in [-0.2, 0) is 0 Å². The predicted octanol–water partition coefficient (Wildman–Crippen LogP) is 2.47. The lowest BCUT2D eigenvalue weighted by atomic mass is 10.1.